The van der Waals surface area contributed by atoms with Crippen molar-refractivity contribution in [3.05, 3.63) is 59.1 Å². The number of thiocarbonyl (C=S) groups is 1. The Hall–Kier alpha value is -1.44. The van der Waals surface area contributed by atoms with Crippen LogP contribution in [-0.4, -0.2) is 28.1 Å². The third-order valence-electron chi connectivity index (χ3n) is 3.31. The molecule has 0 aromatic heterocycles. The zero-order valence-corrected chi connectivity index (χ0v) is 17.8. The summed E-state index contributed by atoms with van der Waals surface area (Å²) >= 11 is 29.0. The van der Waals surface area contributed by atoms with Crippen LogP contribution in [0.25, 0.3) is 0 Å². The summed E-state index contributed by atoms with van der Waals surface area (Å²) in [7, 11) is 1.50. The summed E-state index contributed by atoms with van der Waals surface area (Å²) in [6, 6.07) is 13.4. The number of methoxy groups -OCH3 is 1. The van der Waals surface area contributed by atoms with Crippen molar-refractivity contribution in [1.29, 1.82) is 0 Å². The molecular weight excluding hydrogens is 452 g/mol. The number of nitrogens with one attached hydrogen (secondary N) is 3. The Morgan fingerprint density at radius 1 is 1.11 bits per heavy atom. The maximum absolute atomic E-state index is 12.5. The SMILES string of the molecule is COc1cccc(C(=O)N[C@H](NC(=S)Nc2ccc(Cl)cc2)C(Cl)(Cl)Cl)c1. The lowest BCUT2D eigenvalue weighted by Crippen LogP contribution is -2.56. The number of anilines is 1. The maximum atomic E-state index is 12.5. The number of hydrogen-bond acceptors (Lipinski definition) is 3. The van der Waals surface area contributed by atoms with Crippen molar-refractivity contribution in [3.63, 3.8) is 0 Å². The maximum Gasteiger partial charge on any atom is 0.253 e. The molecule has 1 amide bonds. The molecule has 2 rings (SSSR count). The van der Waals surface area contributed by atoms with E-state index in [1.807, 2.05) is 0 Å². The van der Waals surface area contributed by atoms with Crippen molar-refractivity contribution < 1.29 is 9.53 Å². The molecule has 0 bridgehead atoms. The molecule has 2 aromatic rings. The topological polar surface area (TPSA) is 62.4 Å². The fourth-order valence-electron chi connectivity index (χ4n) is 2.01. The normalized spacial score (nSPS) is 12.0. The fourth-order valence-corrected chi connectivity index (χ4v) is 2.70. The molecule has 10 heteroatoms. The van der Waals surface area contributed by atoms with E-state index in [2.05, 4.69) is 16.0 Å². The van der Waals surface area contributed by atoms with Crippen LogP contribution in [-0.2, 0) is 0 Å². The Kier molecular flexibility index (Phi) is 7.82. The molecule has 0 radical (unpaired) electrons. The first kappa shape index (κ1) is 21.9. The molecule has 0 saturated carbocycles. The van der Waals surface area contributed by atoms with Crippen LogP contribution in [0.2, 0.25) is 5.02 Å². The van der Waals surface area contributed by atoms with Gasteiger partial charge in [0.2, 0.25) is 3.79 Å². The van der Waals surface area contributed by atoms with Gasteiger partial charge in [0.15, 0.2) is 5.11 Å². The highest BCUT2D eigenvalue weighted by molar-refractivity contribution is 7.80. The summed E-state index contributed by atoms with van der Waals surface area (Å²) in [4.78, 5) is 12.5. The molecule has 27 heavy (non-hydrogen) atoms. The number of benzene rings is 2. The van der Waals surface area contributed by atoms with Gasteiger partial charge < -0.3 is 20.7 Å². The van der Waals surface area contributed by atoms with Gasteiger partial charge in [-0.3, -0.25) is 4.79 Å². The summed E-state index contributed by atoms with van der Waals surface area (Å²) in [5.74, 6) is 0.0630. The van der Waals surface area contributed by atoms with Crippen LogP contribution in [0, 0.1) is 0 Å². The summed E-state index contributed by atoms with van der Waals surface area (Å²) in [5, 5.41) is 9.03. The molecule has 3 N–H and O–H groups in total. The van der Waals surface area contributed by atoms with Gasteiger partial charge in [-0.1, -0.05) is 52.5 Å². The number of halogens is 4. The molecule has 0 fully saturated rings. The highest BCUT2D eigenvalue weighted by atomic mass is 35.6. The predicted molar refractivity (Wildman–Crippen MR) is 115 cm³/mol. The standard InChI is InChI=1S/C17H15Cl4N3O2S/c1-26-13-4-2-3-10(9-13)14(25)23-15(17(19,20)21)24-16(27)22-12-7-5-11(18)6-8-12/h2-9,15H,1H3,(H,23,25)(H2,22,24,27)/t15-/m1/s1. The van der Waals surface area contributed by atoms with E-state index in [0.717, 1.165) is 0 Å². The van der Waals surface area contributed by atoms with E-state index in [9.17, 15) is 4.79 Å². The zero-order valence-electron chi connectivity index (χ0n) is 13.9. The number of carbonyl (C=O) groups is 1. The quantitative estimate of drug-likeness (QED) is 0.337. The molecule has 0 aliphatic rings. The second-order valence-electron chi connectivity index (χ2n) is 5.29. The van der Waals surface area contributed by atoms with E-state index in [0.29, 0.717) is 22.0 Å². The molecule has 0 heterocycles. The lowest BCUT2D eigenvalue weighted by atomic mass is 10.2. The van der Waals surface area contributed by atoms with Crippen LogP contribution in [0.15, 0.2) is 48.5 Å². The van der Waals surface area contributed by atoms with Gasteiger partial charge in [0, 0.05) is 16.3 Å². The number of rotatable bonds is 5. The largest absolute Gasteiger partial charge is 0.497 e. The van der Waals surface area contributed by atoms with Crippen LogP contribution in [0.5, 0.6) is 5.75 Å². The van der Waals surface area contributed by atoms with E-state index in [4.69, 9.17) is 63.4 Å². The molecule has 2 aromatic carbocycles. The molecular formula is C17H15Cl4N3O2S. The van der Waals surface area contributed by atoms with Crippen molar-refractivity contribution in [2.75, 3.05) is 12.4 Å². The van der Waals surface area contributed by atoms with E-state index >= 15 is 0 Å². The van der Waals surface area contributed by atoms with Crippen molar-refractivity contribution in [3.8, 4) is 5.75 Å². The molecule has 0 aliphatic carbocycles. The molecule has 0 spiro atoms. The van der Waals surface area contributed by atoms with E-state index < -0.39 is 15.9 Å². The minimum atomic E-state index is -1.86. The number of alkyl halides is 3. The molecule has 144 valence electrons. The molecule has 0 aliphatic heterocycles. The van der Waals surface area contributed by atoms with Gasteiger partial charge in [0.1, 0.15) is 11.9 Å². The monoisotopic (exact) mass is 465 g/mol. The average molecular weight is 467 g/mol. The molecule has 5 nitrogen and oxygen atoms in total. The number of carbonyl (C=O) groups excluding carboxylic acids is 1. The third-order valence-corrected chi connectivity index (χ3v) is 4.44. The third kappa shape index (κ3) is 6.90. The minimum absolute atomic E-state index is 0.152. The summed E-state index contributed by atoms with van der Waals surface area (Å²) in [6.07, 6.45) is -1.09. The Morgan fingerprint density at radius 3 is 2.37 bits per heavy atom. The molecule has 0 unspecified atom stereocenters. The van der Waals surface area contributed by atoms with Crippen molar-refractivity contribution in [2.45, 2.75) is 9.96 Å². The number of ether oxygens (including phenoxy) is 1. The minimum Gasteiger partial charge on any atom is -0.497 e. The van der Waals surface area contributed by atoms with Gasteiger partial charge in [-0.15, -0.1) is 0 Å². The first-order chi connectivity index (χ1) is 12.7. The Balaban J connectivity index is 2.07. The van der Waals surface area contributed by atoms with Gasteiger partial charge >= 0.3 is 0 Å². The lowest BCUT2D eigenvalue weighted by molar-refractivity contribution is 0.0934. The predicted octanol–water partition coefficient (Wildman–Crippen LogP) is 4.76. The van der Waals surface area contributed by atoms with Gasteiger partial charge in [0.25, 0.3) is 5.91 Å². The van der Waals surface area contributed by atoms with Gasteiger partial charge in [-0.25, -0.2) is 0 Å². The number of amides is 1. The van der Waals surface area contributed by atoms with Crippen LogP contribution in [0.3, 0.4) is 0 Å². The van der Waals surface area contributed by atoms with Crippen LogP contribution >= 0.6 is 58.6 Å². The Morgan fingerprint density at radius 2 is 1.78 bits per heavy atom. The summed E-state index contributed by atoms with van der Waals surface area (Å²) in [6.45, 7) is 0. The van der Waals surface area contributed by atoms with E-state index in [1.54, 1.807) is 48.5 Å². The second kappa shape index (κ2) is 9.66. The smallest absolute Gasteiger partial charge is 0.253 e. The fraction of sp³-hybridized carbons (Fsp3) is 0.176. The Labute approximate surface area is 182 Å². The zero-order chi connectivity index (χ0) is 20.0. The van der Waals surface area contributed by atoms with Crippen LogP contribution < -0.4 is 20.7 Å². The van der Waals surface area contributed by atoms with Crippen molar-refractivity contribution in [2.24, 2.45) is 0 Å². The highest BCUT2D eigenvalue weighted by Gasteiger charge is 2.35. The lowest BCUT2D eigenvalue weighted by Gasteiger charge is -2.27. The van der Waals surface area contributed by atoms with Gasteiger partial charge in [-0.2, -0.15) is 0 Å². The molecule has 1 atom stereocenters. The van der Waals surface area contributed by atoms with Crippen LogP contribution in [0.1, 0.15) is 10.4 Å². The highest BCUT2D eigenvalue weighted by Crippen LogP contribution is 2.29. The van der Waals surface area contributed by atoms with E-state index in [-0.39, 0.29) is 5.11 Å². The van der Waals surface area contributed by atoms with Gasteiger partial charge in [0.05, 0.1) is 7.11 Å². The van der Waals surface area contributed by atoms with Crippen molar-refractivity contribution in [1.82, 2.24) is 10.6 Å². The average Bonchev–Trinajstić information content (AvgIpc) is 2.62. The first-order valence-corrected chi connectivity index (χ1v) is 9.46. The second-order valence-corrected chi connectivity index (χ2v) is 8.50. The first-order valence-electron chi connectivity index (χ1n) is 7.54. The summed E-state index contributed by atoms with van der Waals surface area (Å²) < 4.78 is 3.24. The molecule has 0 saturated heterocycles. The summed E-state index contributed by atoms with van der Waals surface area (Å²) in [5.41, 5.74) is 1.02. The van der Waals surface area contributed by atoms with E-state index in [1.165, 1.54) is 7.11 Å². The van der Waals surface area contributed by atoms with Crippen LogP contribution in [0.4, 0.5) is 5.69 Å². The number of hydrogen-bond donors (Lipinski definition) is 3. The Bertz CT molecular complexity index is 813. The van der Waals surface area contributed by atoms with Crippen molar-refractivity contribution >= 4 is 75.3 Å². The van der Waals surface area contributed by atoms with Gasteiger partial charge in [-0.05, 0) is 54.7 Å².